The standard InChI is InChI=1S/C25H23BrN2O3/c1-14-11-18(26)9-10-19(14)27-23(29)20(12-15-5-3-2-4-6-15)28-24(30)21-16-7-8-17(13-16)22(21)25(28)31/h2-11,16-17,20-22H,12-13H2,1H3,(H,27,29)/t16-,17-,20+,21-,22+/m0/s1. The number of anilines is 1. The predicted octanol–water partition coefficient (Wildman–Crippen LogP) is 4.11. The zero-order valence-corrected chi connectivity index (χ0v) is 18.7. The van der Waals surface area contributed by atoms with Gasteiger partial charge < -0.3 is 5.32 Å². The van der Waals surface area contributed by atoms with Crippen molar-refractivity contribution >= 4 is 39.3 Å². The topological polar surface area (TPSA) is 66.5 Å². The van der Waals surface area contributed by atoms with E-state index in [1.165, 1.54) is 4.90 Å². The molecule has 5 rings (SSSR count). The zero-order chi connectivity index (χ0) is 21.7. The Kier molecular flexibility index (Phi) is 5.05. The first-order valence-electron chi connectivity index (χ1n) is 10.6. The molecule has 2 fully saturated rings. The normalized spacial score (nSPS) is 27.0. The molecule has 3 aliphatic rings. The predicted molar refractivity (Wildman–Crippen MR) is 121 cm³/mol. The molecule has 1 heterocycles. The molecule has 6 heteroatoms. The molecule has 2 aromatic rings. The highest BCUT2D eigenvalue weighted by Crippen LogP contribution is 2.53. The van der Waals surface area contributed by atoms with Crippen molar-refractivity contribution in [1.82, 2.24) is 4.90 Å². The molecular formula is C25H23BrN2O3. The second-order valence-electron chi connectivity index (χ2n) is 8.70. The molecule has 2 aliphatic carbocycles. The van der Waals surface area contributed by atoms with E-state index in [0.29, 0.717) is 12.1 Å². The van der Waals surface area contributed by atoms with Gasteiger partial charge in [0, 0.05) is 16.6 Å². The van der Waals surface area contributed by atoms with Gasteiger partial charge in [-0.25, -0.2) is 0 Å². The summed E-state index contributed by atoms with van der Waals surface area (Å²) in [6, 6.07) is 14.3. The number of rotatable bonds is 5. The van der Waals surface area contributed by atoms with Crippen molar-refractivity contribution in [3.05, 3.63) is 76.3 Å². The van der Waals surface area contributed by atoms with Gasteiger partial charge in [0.15, 0.2) is 0 Å². The Bertz CT molecular complexity index is 1070. The summed E-state index contributed by atoms with van der Waals surface area (Å²) in [6.45, 7) is 1.91. The Morgan fingerprint density at radius 3 is 2.32 bits per heavy atom. The molecule has 1 aliphatic heterocycles. The maximum absolute atomic E-state index is 13.4. The third-order valence-electron chi connectivity index (χ3n) is 6.84. The lowest BCUT2D eigenvalue weighted by Gasteiger charge is -2.27. The number of allylic oxidation sites excluding steroid dienone is 2. The maximum Gasteiger partial charge on any atom is 0.248 e. The van der Waals surface area contributed by atoms with E-state index in [-0.39, 0.29) is 41.4 Å². The van der Waals surface area contributed by atoms with Crippen molar-refractivity contribution in [3.63, 3.8) is 0 Å². The van der Waals surface area contributed by atoms with Crippen molar-refractivity contribution in [2.45, 2.75) is 25.8 Å². The maximum atomic E-state index is 13.4. The van der Waals surface area contributed by atoms with E-state index in [9.17, 15) is 14.4 Å². The van der Waals surface area contributed by atoms with Crippen LogP contribution in [0.2, 0.25) is 0 Å². The minimum atomic E-state index is -0.879. The highest BCUT2D eigenvalue weighted by molar-refractivity contribution is 9.10. The van der Waals surface area contributed by atoms with Crippen molar-refractivity contribution < 1.29 is 14.4 Å². The van der Waals surface area contributed by atoms with Crippen LogP contribution < -0.4 is 5.32 Å². The average molecular weight is 479 g/mol. The summed E-state index contributed by atoms with van der Waals surface area (Å²) < 4.78 is 0.921. The number of carbonyl (C=O) groups is 3. The number of fused-ring (bicyclic) bond motifs is 5. The highest BCUT2D eigenvalue weighted by atomic mass is 79.9. The zero-order valence-electron chi connectivity index (χ0n) is 17.1. The monoisotopic (exact) mass is 478 g/mol. The fraction of sp³-hybridized carbons (Fsp3) is 0.320. The lowest BCUT2D eigenvalue weighted by Crippen LogP contribution is -2.49. The van der Waals surface area contributed by atoms with Gasteiger partial charge in [-0.05, 0) is 54.5 Å². The highest BCUT2D eigenvalue weighted by Gasteiger charge is 2.61. The molecule has 2 bridgehead atoms. The quantitative estimate of drug-likeness (QED) is 0.519. The summed E-state index contributed by atoms with van der Waals surface area (Å²) in [5.41, 5.74) is 2.49. The summed E-state index contributed by atoms with van der Waals surface area (Å²) in [4.78, 5) is 41.5. The second kappa shape index (κ2) is 7.75. The van der Waals surface area contributed by atoms with E-state index < -0.39 is 6.04 Å². The Morgan fingerprint density at radius 1 is 1.06 bits per heavy atom. The van der Waals surface area contributed by atoms with Gasteiger partial charge in [-0.2, -0.15) is 0 Å². The third-order valence-corrected chi connectivity index (χ3v) is 7.33. The van der Waals surface area contributed by atoms with Gasteiger partial charge in [0.25, 0.3) is 0 Å². The number of hydrogen-bond acceptors (Lipinski definition) is 3. The van der Waals surface area contributed by atoms with E-state index in [0.717, 1.165) is 22.0 Å². The Balaban J connectivity index is 1.47. The van der Waals surface area contributed by atoms with Crippen molar-refractivity contribution in [3.8, 4) is 0 Å². The Labute approximate surface area is 189 Å². The smallest absolute Gasteiger partial charge is 0.248 e. The molecule has 5 nitrogen and oxygen atoms in total. The number of carbonyl (C=O) groups excluding carboxylic acids is 3. The number of benzene rings is 2. The van der Waals surface area contributed by atoms with Crippen LogP contribution in [0.1, 0.15) is 17.5 Å². The third kappa shape index (κ3) is 3.43. The molecular weight excluding hydrogens is 456 g/mol. The minimum Gasteiger partial charge on any atom is -0.324 e. The summed E-state index contributed by atoms with van der Waals surface area (Å²) in [5.74, 6) is -1.13. The van der Waals surface area contributed by atoms with E-state index in [1.54, 1.807) is 0 Å². The van der Waals surface area contributed by atoms with Crippen LogP contribution in [0.4, 0.5) is 5.69 Å². The lowest BCUT2D eigenvalue weighted by molar-refractivity contribution is -0.147. The van der Waals surface area contributed by atoms with Crippen LogP contribution in [-0.2, 0) is 20.8 Å². The summed E-state index contributed by atoms with van der Waals surface area (Å²) in [6.07, 6.45) is 5.30. The number of likely N-dealkylation sites (tertiary alicyclic amines) is 1. The van der Waals surface area contributed by atoms with Crippen LogP contribution in [0.3, 0.4) is 0 Å². The first-order valence-corrected chi connectivity index (χ1v) is 11.4. The number of hydrogen-bond donors (Lipinski definition) is 1. The van der Waals surface area contributed by atoms with Gasteiger partial charge in [-0.3, -0.25) is 19.3 Å². The SMILES string of the molecule is Cc1cc(Br)ccc1NC(=O)[C@@H](Cc1ccccc1)N1C(=O)[C@@H]2[C@H](C1=O)[C@H]1C=C[C@H]2C1. The molecule has 0 aromatic heterocycles. The van der Waals surface area contributed by atoms with Gasteiger partial charge >= 0.3 is 0 Å². The molecule has 158 valence electrons. The molecule has 1 saturated carbocycles. The molecule has 1 saturated heterocycles. The van der Waals surface area contributed by atoms with E-state index in [1.807, 2.05) is 55.5 Å². The summed E-state index contributed by atoms with van der Waals surface area (Å²) in [5, 5.41) is 2.96. The number of halogens is 1. The Hall–Kier alpha value is -2.73. The van der Waals surface area contributed by atoms with E-state index in [2.05, 4.69) is 33.4 Å². The average Bonchev–Trinajstić information content (AvgIpc) is 3.43. The first-order chi connectivity index (χ1) is 14.9. The molecule has 0 spiro atoms. The number of amides is 3. The van der Waals surface area contributed by atoms with Crippen LogP contribution in [0.15, 0.2) is 65.2 Å². The molecule has 0 radical (unpaired) electrons. The van der Waals surface area contributed by atoms with Crippen LogP contribution in [0.25, 0.3) is 0 Å². The first kappa shape index (κ1) is 20.2. The van der Waals surface area contributed by atoms with Gasteiger partial charge in [0.2, 0.25) is 17.7 Å². The second-order valence-corrected chi connectivity index (χ2v) is 9.62. The number of imide groups is 1. The van der Waals surface area contributed by atoms with E-state index >= 15 is 0 Å². The summed E-state index contributed by atoms with van der Waals surface area (Å²) in [7, 11) is 0. The fourth-order valence-corrected chi connectivity index (χ4v) is 5.83. The van der Waals surface area contributed by atoms with Gasteiger partial charge in [-0.1, -0.05) is 58.4 Å². The van der Waals surface area contributed by atoms with Crippen LogP contribution in [0, 0.1) is 30.6 Å². The summed E-state index contributed by atoms with van der Waals surface area (Å²) >= 11 is 3.43. The van der Waals surface area contributed by atoms with Crippen molar-refractivity contribution in [2.75, 3.05) is 5.32 Å². The molecule has 3 amide bonds. The number of nitrogens with one attached hydrogen (secondary N) is 1. The fourth-order valence-electron chi connectivity index (χ4n) is 5.35. The lowest BCUT2D eigenvalue weighted by atomic mass is 9.85. The minimum absolute atomic E-state index is 0.116. The van der Waals surface area contributed by atoms with Gasteiger partial charge in [0.05, 0.1) is 11.8 Å². The molecule has 1 N–H and O–H groups in total. The molecule has 31 heavy (non-hydrogen) atoms. The molecule has 2 aromatic carbocycles. The van der Waals surface area contributed by atoms with Crippen molar-refractivity contribution in [1.29, 1.82) is 0 Å². The molecule has 0 unspecified atom stereocenters. The Morgan fingerprint density at radius 2 is 1.71 bits per heavy atom. The number of nitrogens with zero attached hydrogens (tertiary/aromatic N) is 1. The van der Waals surface area contributed by atoms with Crippen molar-refractivity contribution in [2.24, 2.45) is 23.7 Å². The van der Waals surface area contributed by atoms with Gasteiger partial charge in [0.1, 0.15) is 6.04 Å². The van der Waals surface area contributed by atoms with Crippen LogP contribution in [-0.4, -0.2) is 28.7 Å². The van der Waals surface area contributed by atoms with Crippen LogP contribution in [0.5, 0.6) is 0 Å². The molecule has 5 atom stereocenters. The largest absolute Gasteiger partial charge is 0.324 e. The van der Waals surface area contributed by atoms with Crippen LogP contribution >= 0.6 is 15.9 Å². The number of aryl methyl sites for hydroxylation is 1. The van der Waals surface area contributed by atoms with E-state index in [4.69, 9.17) is 0 Å². The van der Waals surface area contributed by atoms with Gasteiger partial charge in [-0.15, -0.1) is 0 Å².